The zero-order valence-electron chi connectivity index (χ0n) is 10.7. The molecule has 1 unspecified atom stereocenters. The van der Waals surface area contributed by atoms with Gasteiger partial charge in [-0.25, -0.2) is 0 Å². The molecule has 18 heavy (non-hydrogen) atoms. The van der Waals surface area contributed by atoms with Crippen molar-refractivity contribution < 1.29 is 4.74 Å². The van der Waals surface area contributed by atoms with Gasteiger partial charge in [-0.05, 0) is 36.3 Å². The van der Waals surface area contributed by atoms with Gasteiger partial charge in [0.25, 0.3) is 0 Å². The average molecular weight is 286 g/mol. The Morgan fingerprint density at radius 2 is 2.33 bits per heavy atom. The number of thioether (sulfide) groups is 1. The molecule has 1 atom stereocenters. The van der Waals surface area contributed by atoms with Gasteiger partial charge in [0.05, 0.1) is 12.1 Å². The first-order valence-electron chi connectivity index (χ1n) is 6.44. The summed E-state index contributed by atoms with van der Waals surface area (Å²) in [4.78, 5) is 0. The van der Waals surface area contributed by atoms with Gasteiger partial charge < -0.3 is 10.1 Å². The topological polar surface area (TPSA) is 21.3 Å². The molecule has 4 heteroatoms. The summed E-state index contributed by atoms with van der Waals surface area (Å²) in [5, 5.41) is 4.98. The van der Waals surface area contributed by atoms with Crippen LogP contribution in [0.2, 0.25) is 5.02 Å². The number of hydrogen-bond donors (Lipinski definition) is 1. The van der Waals surface area contributed by atoms with E-state index in [1.807, 2.05) is 12.1 Å². The molecule has 0 spiro atoms. The fourth-order valence-corrected chi connectivity index (χ4v) is 3.72. The molecule has 0 amide bonds. The predicted octanol–water partition coefficient (Wildman–Crippen LogP) is 3.72. The summed E-state index contributed by atoms with van der Waals surface area (Å²) in [7, 11) is 1.64. The van der Waals surface area contributed by atoms with E-state index < -0.39 is 0 Å². The molecule has 2 rings (SSSR count). The molecule has 1 heterocycles. The van der Waals surface area contributed by atoms with Crippen LogP contribution in [0.1, 0.15) is 24.8 Å². The zero-order chi connectivity index (χ0) is 12.8. The number of ether oxygens (including phenoxy) is 1. The number of methoxy groups -OCH3 is 1. The van der Waals surface area contributed by atoms with E-state index in [2.05, 4.69) is 23.1 Å². The van der Waals surface area contributed by atoms with Gasteiger partial charge in [0, 0.05) is 18.3 Å². The quantitative estimate of drug-likeness (QED) is 0.891. The number of hydrogen-bond acceptors (Lipinski definition) is 3. The van der Waals surface area contributed by atoms with E-state index in [0.29, 0.717) is 5.02 Å². The Morgan fingerprint density at radius 3 is 3.00 bits per heavy atom. The first kappa shape index (κ1) is 14.0. The van der Waals surface area contributed by atoms with Crippen molar-refractivity contribution in [3.05, 3.63) is 28.8 Å². The van der Waals surface area contributed by atoms with Crippen LogP contribution in [0.4, 0.5) is 0 Å². The summed E-state index contributed by atoms with van der Waals surface area (Å²) in [6.45, 7) is 1.97. The fourth-order valence-electron chi connectivity index (χ4n) is 2.17. The smallest absolute Gasteiger partial charge is 0.137 e. The normalized spacial score (nSPS) is 19.8. The van der Waals surface area contributed by atoms with Gasteiger partial charge in [-0.2, -0.15) is 11.8 Å². The Morgan fingerprint density at radius 1 is 1.44 bits per heavy atom. The van der Waals surface area contributed by atoms with Crippen molar-refractivity contribution in [3.8, 4) is 5.75 Å². The molecule has 2 nitrogen and oxygen atoms in total. The van der Waals surface area contributed by atoms with Crippen molar-refractivity contribution >= 4 is 23.4 Å². The Kier molecular flexibility index (Phi) is 5.67. The summed E-state index contributed by atoms with van der Waals surface area (Å²) in [6, 6.07) is 5.96. The minimum atomic E-state index is 0.684. The van der Waals surface area contributed by atoms with Crippen LogP contribution >= 0.6 is 23.4 Å². The molecule has 1 N–H and O–H groups in total. The molecule has 0 aliphatic carbocycles. The molecule has 1 aromatic carbocycles. The summed E-state index contributed by atoms with van der Waals surface area (Å²) in [6.07, 6.45) is 4.12. The molecular formula is C14H20ClNOS. The molecule has 0 radical (unpaired) electrons. The van der Waals surface area contributed by atoms with Crippen LogP contribution in [0.3, 0.4) is 0 Å². The third-order valence-electron chi connectivity index (χ3n) is 3.19. The van der Waals surface area contributed by atoms with Gasteiger partial charge >= 0.3 is 0 Å². The van der Waals surface area contributed by atoms with Crippen molar-refractivity contribution in [3.63, 3.8) is 0 Å². The van der Waals surface area contributed by atoms with E-state index in [0.717, 1.165) is 24.1 Å². The van der Waals surface area contributed by atoms with E-state index in [4.69, 9.17) is 16.3 Å². The molecule has 1 fully saturated rings. The third kappa shape index (κ3) is 4.08. The first-order chi connectivity index (χ1) is 8.79. The highest BCUT2D eigenvalue weighted by molar-refractivity contribution is 7.99. The standard InChI is InChI=1S/C14H20ClNOS/c1-17-14-6-5-11(8-13(14)15)9-16-10-12-4-2-3-7-18-12/h5-6,8,12,16H,2-4,7,9-10H2,1H3. The van der Waals surface area contributed by atoms with Crippen LogP contribution in [0, 0.1) is 0 Å². The highest BCUT2D eigenvalue weighted by atomic mass is 35.5. The van der Waals surface area contributed by atoms with Crippen LogP contribution in [-0.4, -0.2) is 24.7 Å². The molecule has 1 aromatic rings. The van der Waals surface area contributed by atoms with Gasteiger partial charge in [0.15, 0.2) is 0 Å². The van der Waals surface area contributed by atoms with E-state index in [1.165, 1.54) is 30.6 Å². The number of nitrogens with one attached hydrogen (secondary N) is 1. The maximum atomic E-state index is 6.10. The van der Waals surface area contributed by atoms with E-state index in [-0.39, 0.29) is 0 Å². The van der Waals surface area contributed by atoms with Crippen molar-refractivity contribution in [1.82, 2.24) is 5.32 Å². The lowest BCUT2D eigenvalue weighted by Crippen LogP contribution is -2.26. The molecule has 1 saturated heterocycles. The zero-order valence-corrected chi connectivity index (χ0v) is 12.3. The van der Waals surface area contributed by atoms with E-state index >= 15 is 0 Å². The molecule has 1 aliphatic rings. The summed E-state index contributed by atoms with van der Waals surface area (Å²) in [5.74, 6) is 2.06. The second-order valence-corrected chi connectivity index (χ2v) is 6.40. The highest BCUT2D eigenvalue weighted by Crippen LogP contribution is 2.26. The second kappa shape index (κ2) is 7.27. The SMILES string of the molecule is COc1ccc(CNCC2CCCCS2)cc1Cl. The van der Waals surface area contributed by atoms with Gasteiger partial charge in [0.1, 0.15) is 5.75 Å². The molecule has 0 saturated carbocycles. The van der Waals surface area contributed by atoms with Crippen LogP contribution in [0.15, 0.2) is 18.2 Å². The second-order valence-electron chi connectivity index (χ2n) is 4.59. The Labute approximate surface area is 118 Å². The number of halogens is 1. The molecule has 0 bridgehead atoms. The fraction of sp³-hybridized carbons (Fsp3) is 0.571. The van der Waals surface area contributed by atoms with Gasteiger partial charge in [-0.15, -0.1) is 0 Å². The van der Waals surface area contributed by atoms with Crippen molar-refractivity contribution in [2.24, 2.45) is 0 Å². The van der Waals surface area contributed by atoms with Crippen LogP contribution < -0.4 is 10.1 Å². The van der Waals surface area contributed by atoms with Gasteiger partial charge in [-0.1, -0.05) is 24.1 Å². The maximum absolute atomic E-state index is 6.10. The highest BCUT2D eigenvalue weighted by Gasteiger charge is 2.13. The molecule has 0 aromatic heterocycles. The largest absolute Gasteiger partial charge is 0.495 e. The Bertz CT molecular complexity index is 380. The number of benzene rings is 1. The Hall–Kier alpha value is -0.380. The van der Waals surface area contributed by atoms with Crippen LogP contribution in [0.5, 0.6) is 5.75 Å². The van der Waals surface area contributed by atoms with Crippen molar-refractivity contribution in [1.29, 1.82) is 0 Å². The average Bonchev–Trinajstić information content (AvgIpc) is 2.40. The van der Waals surface area contributed by atoms with Crippen LogP contribution in [0.25, 0.3) is 0 Å². The Balaban J connectivity index is 1.77. The minimum Gasteiger partial charge on any atom is -0.495 e. The molecular weight excluding hydrogens is 266 g/mol. The van der Waals surface area contributed by atoms with Gasteiger partial charge in [0.2, 0.25) is 0 Å². The van der Waals surface area contributed by atoms with E-state index in [1.54, 1.807) is 7.11 Å². The van der Waals surface area contributed by atoms with Crippen LogP contribution in [-0.2, 0) is 6.54 Å². The van der Waals surface area contributed by atoms with E-state index in [9.17, 15) is 0 Å². The maximum Gasteiger partial charge on any atom is 0.137 e. The molecule has 100 valence electrons. The minimum absolute atomic E-state index is 0.684. The van der Waals surface area contributed by atoms with Gasteiger partial charge in [-0.3, -0.25) is 0 Å². The summed E-state index contributed by atoms with van der Waals surface area (Å²) >= 11 is 8.20. The number of rotatable bonds is 5. The third-order valence-corrected chi connectivity index (χ3v) is 4.88. The van der Waals surface area contributed by atoms with Crippen molar-refractivity contribution in [2.75, 3.05) is 19.4 Å². The summed E-state index contributed by atoms with van der Waals surface area (Å²) < 4.78 is 5.14. The lowest BCUT2D eigenvalue weighted by molar-refractivity contribution is 0.415. The lowest BCUT2D eigenvalue weighted by Gasteiger charge is -2.21. The predicted molar refractivity (Wildman–Crippen MR) is 79.8 cm³/mol. The lowest BCUT2D eigenvalue weighted by atomic mass is 10.2. The molecule has 1 aliphatic heterocycles. The van der Waals surface area contributed by atoms with Crippen molar-refractivity contribution in [2.45, 2.75) is 31.1 Å². The summed E-state index contributed by atoms with van der Waals surface area (Å²) in [5.41, 5.74) is 1.21. The first-order valence-corrected chi connectivity index (χ1v) is 7.87. The monoisotopic (exact) mass is 285 g/mol.